The monoisotopic (exact) mass is 435 g/mol. The first-order valence-corrected chi connectivity index (χ1v) is 11.6. The van der Waals surface area contributed by atoms with Gasteiger partial charge in [-0.2, -0.15) is 0 Å². The number of nitrogens with one attached hydrogen (secondary N) is 1. The molecule has 172 valence electrons. The number of carbonyl (C=O) groups is 1. The summed E-state index contributed by atoms with van der Waals surface area (Å²) in [6, 6.07) is 12.6. The Morgan fingerprint density at radius 1 is 0.719 bits per heavy atom. The van der Waals surface area contributed by atoms with Crippen molar-refractivity contribution in [3.63, 3.8) is 0 Å². The van der Waals surface area contributed by atoms with Crippen LogP contribution in [0, 0.1) is 0 Å². The maximum Gasteiger partial charge on any atom is 0.355 e. The van der Waals surface area contributed by atoms with E-state index in [2.05, 4.69) is 97.3 Å². The summed E-state index contributed by atoms with van der Waals surface area (Å²) in [6.07, 6.45) is 1.72. The van der Waals surface area contributed by atoms with Crippen LogP contribution >= 0.6 is 0 Å². The molecule has 2 aromatic carbocycles. The van der Waals surface area contributed by atoms with Gasteiger partial charge in [0.15, 0.2) is 5.70 Å². The lowest BCUT2D eigenvalue weighted by Gasteiger charge is -2.32. The van der Waals surface area contributed by atoms with Crippen molar-refractivity contribution >= 4 is 17.3 Å². The third-order valence-electron chi connectivity index (χ3n) is 6.07. The first kappa shape index (κ1) is 23.9. The van der Waals surface area contributed by atoms with Crippen LogP contribution in [0.3, 0.4) is 0 Å². The van der Waals surface area contributed by atoms with Crippen LogP contribution in [0.5, 0.6) is 0 Å². The van der Waals surface area contributed by atoms with E-state index < -0.39 is 5.97 Å². The Morgan fingerprint density at radius 3 is 1.44 bits per heavy atom. The van der Waals surface area contributed by atoms with Gasteiger partial charge in [-0.05, 0) is 45.9 Å². The molecule has 0 atom stereocenters. The molecule has 0 aromatic heterocycles. The number of para-hydroxylation sites is 2. The Bertz CT molecular complexity index is 969. The quantitative estimate of drug-likeness (QED) is 0.498. The lowest BCUT2D eigenvalue weighted by atomic mass is 9.92. The first-order chi connectivity index (χ1) is 15.0. The minimum Gasteiger partial charge on any atom is -0.476 e. The summed E-state index contributed by atoms with van der Waals surface area (Å²) in [4.78, 5) is 12.4. The second-order valence-electron chi connectivity index (χ2n) is 9.81. The number of carboxylic acids is 1. The molecule has 1 aliphatic rings. The molecule has 0 saturated carbocycles. The Kier molecular flexibility index (Phi) is 6.99. The zero-order chi connectivity index (χ0) is 23.7. The molecule has 0 amide bonds. The number of rotatable bonds is 7. The van der Waals surface area contributed by atoms with E-state index in [9.17, 15) is 9.90 Å². The highest BCUT2D eigenvalue weighted by Gasteiger charge is 2.34. The van der Waals surface area contributed by atoms with Crippen LogP contribution in [0.2, 0.25) is 0 Å². The number of nitrogens with zero attached hydrogens (tertiary/aromatic N) is 2. The van der Waals surface area contributed by atoms with Crippen molar-refractivity contribution < 1.29 is 9.90 Å². The van der Waals surface area contributed by atoms with Gasteiger partial charge in [-0.1, -0.05) is 91.8 Å². The highest BCUT2D eigenvalue weighted by molar-refractivity contribution is 5.93. The molecule has 0 fully saturated rings. The number of aliphatic carboxylic acids is 1. The van der Waals surface area contributed by atoms with E-state index in [1.54, 1.807) is 11.2 Å². The van der Waals surface area contributed by atoms with Crippen molar-refractivity contribution in [1.29, 1.82) is 0 Å². The molecule has 2 aromatic rings. The third-order valence-corrected chi connectivity index (χ3v) is 6.07. The van der Waals surface area contributed by atoms with E-state index >= 15 is 0 Å². The van der Waals surface area contributed by atoms with Gasteiger partial charge in [0.25, 0.3) is 0 Å². The maximum absolute atomic E-state index is 12.4. The number of hydrogen-bond acceptors (Lipinski definition) is 4. The van der Waals surface area contributed by atoms with E-state index in [0.29, 0.717) is 11.8 Å². The molecule has 1 heterocycles. The Hall–Kier alpha value is -2.79. The van der Waals surface area contributed by atoms with Crippen LogP contribution in [0.4, 0.5) is 11.4 Å². The topological polar surface area (TPSA) is 55.8 Å². The van der Waals surface area contributed by atoms with Gasteiger partial charge in [0, 0.05) is 0 Å². The summed E-state index contributed by atoms with van der Waals surface area (Å²) >= 11 is 0. The molecule has 0 bridgehead atoms. The molecule has 5 heteroatoms. The van der Waals surface area contributed by atoms with Gasteiger partial charge in [-0.3, -0.25) is 5.01 Å². The third kappa shape index (κ3) is 4.40. The normalized spacial score (nSPS) is 14.3. The fourth-order valence-corrected chi connectivity index (χ4v) is 4.37. The van der Waals surface area contributed by atoms with Gasteiger partial charge >= 0.3 is 5.97 Å². The van der Waals surface area contributed by atoms with Crippen LogP contribution in [-0.4, -0.2) is 11.1 Å². The molecule has 5 nitrogen and oxygen atoms in total. The summed E-state index contributed by atoms with van der Waals surface area (Å²) in [5, 5.41) is 13.8. The van der Waals surface area contributed by atoms with E-state index in [1.165, 1.54) is 11.1 Å². The SMILES string of the molecule is CC(C)c1cccc(C(C)C)c1N1C=C(C(=O)O)N(c2c(C(C)C)cccc2C(C)C)N1. The van der Waals surface area contributed by atoms with E-state index in [0.717, 1.165) is 22.5 Å². The molecule has 0 aliphatic carbocycles. The largest absolute Gasteiger partial charge is 0.476 e. The second-order valence-corrected chi connectivity index (χ2v) is 9.81. The molecule has 0 unspecified atom stereocenters. The Morgan fingerprint density at radius 2 is 1.09 bits per heavy atom. The van der Waals surface area contributed by atoms with Crippen molar-refractivity contribution in [2.24, 2.45) is 0 Å². The molecule has 32 heavy (non-hydrogen) atoms. The van der Waals surface area contributed by atoms with Crippen molar-refractivity contribution in [3.8, 4) is 0 Å². The first-order valence-electron chi connectivity index (χ1n) is 11.6. The lowest BCUT2D eigenvalue weighted by molar-refractivity contribution is -0.132. The molecule has 0 radical (unpaired) electrons. The minimum absolute atomic E-state index is 0.216. The lowest BCUT2D eigenvalue weighted by Crippen LogP contribution is -2.43. The number of benzene rings is 2. The van der Waals surface area contributed by atoms with Gasteiger partial charge < -0.3 is 5.11 Å². The van der Waals surface area contributed by atoms with Gasteiger partial charge in [0.2, 0.25) is 0 Å². The van der Waals surface area contributed by atoms with Gasteiger partial charge in [-0.25, -0.2) is 9.80 Å². The Labute approximate surface area is 192 Å². The fraction of sp³-hybridized carbons (Fsp3) is 0.444. The summed E-state index contributed by atoms with van der Waals surface area (Å²) in [7, 11) is 0. The number of anilines is 2. The van der Waals surface area contributed by atoms with E-state index in [1.807, 2.05) is 5.01 Å². The molecule has 0 spiro atoms. The van der Waals surface area contributed by atoms with Crippen molar-refractivity contribution in [3.05, 3.63) is 70.5 Å². The average molecular weight is 436 g/mol. The predicted octanol–water partition coefficient (Wildman–Crippen LogP) is 6.85. The molecule has 1 aliphatic heterocycles. The summed E-state index contributed by atoms with van der Waals surface area (Å²) in [5.41, 5.74) is 10.2. The summed E-state index contributed by atoms with van der Waals surface area (Å²) < 4.78 is 0. The van der Waals surface area contributed by atoms with Crippen LogP contribution in [0.25, 0.3) is 0 Å². The molecule has 2 N–H and O–H groups in total. The number of carboxylic acid groups (broad SMARTS) is 1. The zero-order valence-electron chi connectivity index (χ0n) is 20.6. The Balaban J connectivity index is 2.22. The molecule has 3 rings (SSSR count). The number of hydrogen-bond donors (Lipinski definition) is 2. The van der Waals surface area contributed by atoms with Crippen molar-refractivity contribution in [2.75, 3.05) is 10.0 Å². The highest BCUT2D eigenvalue weighted by Crippen LogP contribution is 2.41. The van der Waals surface area contributed by atoms with Gasteiger partial charge in [-0.15, -0.1) is 5.53 Å². The van der Waals surface area contributed by atoms with Gasteiger partial charge in [0.05, 0.1) is 17.6 Å². The maximum atomic E-state index is 12.4. The fourth-order valence-electron chi connectivity index (χ4n) is 4.37. The van der Waals surface area contributed by atoms with Gasteiger partial charge in [0.1, 0.15) is 0 Å². The average Bonchev–Trinajstić information content (AvgIpc) is 3.17. The second kappa shape index (κ2) is 9.37. The predicted molar refractivity (Wildman–Crippen MR) is 133 cm³/mol. The standard InChI is InChI=1S/C27H37N3O2/c1-16(2)20-11-9-12-21(17(3)4)25(20)29-15-24(27(31)32)30(28-29)26-22(18(5)6)13-10-14-23(26)19(7)8/h9-19,28H,1-8H3,(H,31,32). The van der Waals surface area contributed by atoms with E-state index in [-0.39, 0.29) is 17.5 Å². The zero-order valence-corrected chi connectivity index (χ0v) is 20.6. The van der Waals surface area contributed by atoms with E-state index in [4.69, 9.17) is 0 Å². The van der Waals surface area contributed by atoms with Crippen LogP contribution in [0.1, 0.15) is 101 Å². The minimum atomic E-state index is -0.957. The molecule has 0 saturated heterocycles. The summed E-state index contributed by atoms with van der Waals surface area (Å²) in [5.74, 6) is 0.153. The van der Waals surface area contributed by atoms with Crippen LogP contribution in [0.15, 0.2) is 48.3 Å². The summed E-state index contributed by atoms with van der Waals surface area (Å²) in [6.45, 7) is 17.3. The highest BCUT2D eigenvalue weighted by atomic mass is 16.4. The van der Waals surface area contributed by atoms with Crippen molar-refractivity contribution in [2.45, 2.75) is 79.1 Å². The van der Waals surface area contributed by atoms with Crippen molar-refractivity contribution in [1.82, 2.24) is 5.53 Å². The number of hydrazine groups is 2. The molecular weight excluding hydrogens is 398 g/mol. The smallest absolute Gasteiger partial charge is 0.355 e. The molecular formula is C27H37N3O2. The van der Waals surface area contributed by atoms with Crippen LogP contribution in [-0.2, 0) is 4.79 Å². The van der Waals surface area contributed by atoms with Crippen LogP contribution < -0.4 is 15.6 Å².